The van der Waals surface area contributed by atoms with Crippen LogP contribution in [0.2, 0.25) is 5.02 Å². The van der Waals surface area contributed by atoms with Crippen LogP contribution in [-0.2, 0) is 0 Å². The first kappa shape index (κ1) is 10.3. The fourth-order valence-electron chi connectivity index (χ4n) is 1.45. The predicted molar refractivity (Wildman–Crippen MR) is 57.5 cm³/mol. The molecule has 0 aliphatic heterocycles. The molecule has 0 spiro atoms. The van der Waals surface area contributed by atoms with Crippen LogP contribution in [0.25, 0.3) is 0 Å². The zero-order chi connectivity index (χ0) is 11.2. The maximum absolute atomic E-state index is 11.6. The molecule has 1 unspecified atom stereocenters. The van der Waals surface area contributed by atoms with E-state index in [1.54, 1.807) is 0 Å². The number of Topliss-reactive ketones (excluding diaryl/α,β-unsaturated/α-hetero) is 2. The molecule has 1 aromatic rings. The summed E-state index contributed by atoms with van der Waals surface area (Å²) in [5.74, 6) is -0.958. The standard InChI is InChI=1S/C10H5Cl2NO2/c11-4-1-2-5-6(3-4)10(15)8(13)7(12)9(5)14/h1-3,7,13H. The zero-order valence-electron chi connectivity index (χ0n) is 7.38. The van der Waals surface area contributed by atoms with Gasteiger partial charge in [0.2, 0.25) is 5.78 Å². The van der Waals surface area contributed by atoms with E-state index >= 15 is 0 Å². The molecule has 0 fully saturated rings. The van der Waals surface area contributed by atoms with Crippen LogP contribution in [0.1, 0.15) is 20.7 Å². The van der Waals surface area contributed by atoms with Gasteiger partial charge in [-0.25, -0.2) is 0 Å². The van der Waals surface area contributed by atoms with E-state index in [1.165, 1.54) is 18.2 Å². The Bertz CT molecular complexity index is 496. The summed E-state index contributed by atoms with van der Waals surface area (Å²) in [4.78, 5) is 23.2. The number of nitrogens with one attached hydrogen (secondary N) is 1. The average molecular weight is 242 g/mol. The third-order valence-electron chi connectivity index (χ3n) is 2.22. The maximum Gasteiger partial charge on any atom is 0.209 e. The molecule has 0 bridgehead atoms. The van der Waals surface area contributed by atoms with Crippen LogP contribution in [0.4, 0.5) is 0 Å². The molecule has 1 aliphatic rings. The van der Waals surface area contributed by atoms with Gasteiger partial charge in [-0.05, 0) is 18.2 Å². The van der Waals surface area contributed by atoms with Crippen molar-refractivity contribution >= 4 is 40.5 Å². The Morgan fingerprint density at radius 1 is 1.20 bits per heavy atom. The van der Waals surface area contributed by atoms with Gasteiger partial charge >= 0.3 is 0 Å². The fourth-order valence-corrected chi connectivity index (χ4v) is 1.84. The van der Waals surface area contributed by atoms with E-state index in [0.717, 1.165) is 0 Å². The lowest BCUT2D eigenvalue weighted by molar-refractivity contribution is 0.0967. The highest BCUT2D eigenvalue weighted by molar-refractivity contribution is 6.64. The maximum atomic E-state index is 11.6. The molecule has 1 aromatic carbocycles. The van der Waals surface area contributed by atoms with Crippen molar-refractivity contribution in [3.8, 4) is 0 Å². The molecule has 5 heteroatoms. The number of carbonyl (C=O) groups is 2. The van der Waals surface area contributed by atoms with E-state index in [0.29, 0.717) is 5.02 Å². The van der Waals surface area contributed by atoms with E-state index in [-0.39, 0.29) is 11.1 Å². The van der Waals surface area contributed by atoms with Gasteiger partial charge in [-0.2, -0.15) is 0 Å². The van der Waals surface area contributed by atoms with Crippen molar-refractivity contribution in [1.82, 2.24) is 0 Å². The molecule has 0 saturated carbocycles. The summed E-state index contributed by atoms with van der Waals surface area (Å²) in [5.41, 5.74) is 0.00577. The molecule has 1 N–H and O–H groups in total. The molecule has 1 aliphatic carbocycles. The van der Waals surface area contributed by atoms with E-state index in [1.807, 2.05) is 0 Å². The minimum Gasteiger partial charge on any atom is -0.299 e. The molecule has 76 valence electrons. The lowest BCUT2D eigenvalue weighted by Gasteiger charge is -2.18. The largest absolute Gasteiger partial charge is 0.299 e. The van der Waals surface area contributed by atoms with Crippen LogP contribution in [0.3, 0.4) is 0 Å². The minimum atomic E-state index is -1.17. The van der Waals surface area contributed by atoms with Gasteiger partial charge in [0, 0.05) is 16.1 Å². The van der Waals surface area contributed by atoms with Crippen molar-refractivity contribution in [3.63, 3.8) is 0 Å². The number of hydrogen-bond acceptors (Lipinski definition) is 3. The van der Waals surface area contributed by atoms with Crippen LogP contribution in [-0.4, -0.2) is 22.7 Å². The normalized spacial score (nSPS) is 20.4. The number of fused-ring (bicyclic) bond motifs is 1. The summed E-state index contributed by atoms with van der Waals surface area (Å²) >= 11 is 11.4. The predicted octanol–water partition coefficient (Wildman–Crippen LogP) is 2.35. The number of rotatable bonds is 0. The first-order valence-electron chi connectivity index (χ1n) is 4.13. The highest BCUT2D eigenvalue weighted by atomic mass is 35.5. The van der Waals surface area contributed by atoms with Crippen LogP contribution in [0, 0.1) is 5.41 Å². The number of hydrogen-bond donors (Lipinski definition) is 1. The van der Waals surface area contributed by atoms with Crippen LogP contribution in [0.5, 0.6) is 0 Å². The van der Waals surface area contributed by atoms with Gasteiger partial charge in [-0.3, -0.25) is 15.0 Å². The van der Waals surface area contributed by atoms with Crippen molar-refractivity contribution in [2.75, 3.05) is 0 Å². The van der Waals surface area contributed by atoms with Crippen molar-refractivity contribution in [2.45, 2.75) is 5.38 Å². The van der Waals surface area contributed by atoms with Crippen LogP contribution in [0.15, 0.2) is 18.2 Å². The number of benzene rings is 1. The molecular weight excluding hydrogens is 237 g/mol. The monoisotopic (exact) mass is 241 g/mol. The molecule has 0 amide bonds. The summed E-state index contributed by atoms with van der Waals surface area (Å²) in [6, 6.07) is 4.36. The Morgan fingerprint density at radius 2 is 1.87 bits per heavy atom. The molecular formula is C10H5Cl2NO2. The van der Waals surface area contributed by atoms with Gasteiger partial charge in [0.25, 0.3) is 0 Å². The van der Waals surface area contributed by atoms with Gasteiger partial charge in [0.05, 0.1) is 0 Å². The summed E-state index contributed by atoms with van der Waals surface area (Å²) in [6.07, 6.45) is 0. The first-order valence-corrected chi connectivity index (χ1v) is 4.95. The summed E-state index contributed by atoms with van der Waals surface area (Å²) < 4.78 is 0. The molecule has 1 atom stereocenters. The molecule has 0 saturated heterocycles. The quantitative estimate of drug-likeness (QED) is 0.710. The molecule has 2 rings (SSSR count). The van der Waals surface area contributed by atoms with Crippen molar-refractivity contribution in [1.29, 1.82) is 5.41 Å². The SMILES string of the molecule is N=C1C(=O)c2cc(Cl)ccc2C(=O)C1Cl. The molecule has 3 nitrogen and oxygen atoms in total. The second kappa shape index (κ2) is 3.43. The smallest absolute Gasteiger partial charge is 0.209 e. The van der Waals surface area contributed by atoms with E-state index in [4.69, 9.17) is 28.6 Å². The Balaban J connectivity index is 2.69. The van der Waals surface area contributed by atoms with Gasteiger partial charge in [0.15, 0.2) is 5.78 Å². The lowest BCUT2D eigenvalue weighted by Crippen LogP contribution is -2.37. The van der Waals surface area contributed by atoms with Gasteiger partial charge in [-0.1, -0.05) is 11.6 Å². The molecule has 15 heavy (non-hydrogen) atoms. The lowest BCUT2D eigenvalue weighted by atomic mass is 9.88. The highest BCUT2D eigenvalue weighted by Gasteiger charge is 2.36. The number of ketones is 2. The van der Waals surface area contributed by atoms with Crippen molar-refractivity contribution < 1.29 is 9.59 Å². The van der Waals surface area contributed by atoms with Gasteiger partial charge in [0.1, 0.15) is 11.1 Å². The van der Waals surface area contributed by atoms with Gasteiger partial charge < -0.3 is 0 Å². The molecule has 0 heterocycles. The first-order chi connectivity index (χ1) is 7.02. The summed E-state index contributed by atoms with van der Waals surface area (Å²) in [7, 11) is 0. The van der Waals surface area contributed by atoms with Crippen molar-refractivity contribution in [2.24, 2.45) is 0 Å². The van der Waals surface area contributed by atoms with E-state index in [9.17, 15) is 9.59 Å². The molecule has 0 aromatic heterocycles. The summed E-state index contributed by atoms with van der Waals surface area (Å²) in [6.45, 7) is 0. The Hall–Kier alpha value is -1.19. The average Bonchev–Trinajstić information content (AvgIpc) is 2.23. The fraction of sp³-hybridized carbons (Fsp3) is 0.100. The third-order valence-corrected chi connectivity index (χ3v) is 2.87. The number of alkyl halides is 1. The van der Waals surface area contributed by atoms with Crippen LogP contribution < -0.4 is 0 Å². The topological polar surface area (TPSA) is 58.0 Å². The Kier molecular flexibility index (Phi) is 2.37. The number of carbonyl (C=O) groups excluding carboxylic acids is 2. The van der Waals surface area contributed by atoms with Crippen molar-refractivity contribution in [3.05, 3.63) is 34.3 Å². The highest BCUT2D eigenvalue weighted by Crippen LogP contribution is 2.25. The van der Waals surface area contributed by atoms with Gasteiger partial charge in [-0.15, -0.1) is 11.6 Å². The Labute approximate surface area is 95.5 Å². The molecule has 0 radical (unpaired) electrons. The Morgan fingerprint density at radius 3 is 2.53 bits per heavy atom. The zero-order valence-corrected chi connectivity index (χ0v) is 8.89. The second-order valence-electron chi connectivity index (χ2n) is 3.16. The minimum absolute atomic E-state index is 0.161. The summed E-state index contributed by atoms with van der Waals surface area (Å²) in [5, 5.41) is 6.57. The third kappa shape index (κ3) is 1.48. The van der Waals surface area contributed by atoms with E-state index < -0.39 is 22.7 Å². The van der Waals surface area contributed by atoms with E-state index in [2.05, 4.69) is 0 Å². The second-order valence-corrected chi connectivity index (χ2v) is 4.03. The number of halogens is 2. The van der Waals surface area contributed by atoms with Crippen LogP contribution >= 0.6 is 23.2 Å².